The molecule has 8 nitrogen and oxygen atoms in total. The summed E-state index contributed by atoms with van der Waals surface area (Å²) < 4.78 is 14.8. The lowest BCUT2D eigenvalue weighted by atomic mass is 9.92. The molecule has 0 aliphatic carbocycles. The molecule has 41 heavy (non-hydrogen) atoms. The van der Waals surface area contributed by atoms with E-state index in [0.717, 1.165) is 11.1 Å². The highest BCUT2D eigenvalue weighted by atomic mass is 35.5. The Hall–Kier alpha value is -4.86. The van der Waals surface area contributed by atoms with Crippen LogP contribution >= 0.6 is 12.4 Å². The molecule has 0 saturated carbocycles. The monoisotopic (exact) mass is 571 g/mol. The molecule has 0 aliphatic heterocycles. The van der Waals surface area contributed by atoms with E-state index in [1.807, 2.05) is 36.4 Å². The van der Waals surface area contributed by atoms with E-state index in [4.69, 9.17) is 5.73 Å². The van der Waals surface area contributed by atoms with E-state index in [9.17, 15) is 19.1 Å². The van der Waals surface area contributed by atoms with Crippen LogP contribution in [0.5, 0.6) is 0 Å². The summed E-state index contributed by atoms with van der Waals surface area (Å²) in [6, 6.07) is 23.7. The average molecular weight is 572 g/mol. The number of nitrogens with zero attached hydrogens (tertiary/aromatic N) is 3. The third-order valence-corrected chi connectivity index (χ3v) is 6.71. The fraction of sp³-hybridized carbons (Fsp3) is 0.0968. The van der Waals surface area contributed by atoms with Crippen LogP contribution in [0.15, 0.2) is 102 Å². The minimum absolute atomic E-state index is 0. The minimum Gasteiger partial charge on any atom is -0.398 e. The Balaban J connectivity index is 0.00000387. The maximum absolute atomic E-state index is 13.6. The fourth-order valence-electron chi connectivity index (χ4n) is 4.59. The van der Waals surface area contributed by atoms with E-state index in [1.165, 1.54) is 35.9 Å². The molecule has 5 rings (SSSR count). The third kappa shape index (κ3) is 5.86. The highest BCUT2D eigenvalue weighted by molar-refractivity contribution is 5.97. The molecule has 5 aromatic rings. The van der Waals surface area contributed by atoms with Gasteiger partial charge in [0.2, 0.25) is 11.9 Å². The van der Waals surface area contributed by atoms with Gasteiger partial charge < -0.3 is 10.8 Å². The predicted octanol–water partition coefficient (Wildman–Crippen LogP) is 5.03. The van der Waals surface area contributed by atoms with Crippen molar-refractivity contribution >= 4 is 29.9 Å². The molecule has 0 spiro atoms. The van der Waals surface area contributed by atoms with Crippen LogP contribution in [-0.2, 0) is 11.8 Å². The molecule has 0 bridgehead atoms. The van der Waals surface area contributed by atoms with Crippen LogP contribution in [0, 0.1) is 5.82 Å². The number of hydrogen-bond donors (Lipinski definition) is 3. The van der Waals surface area contributed by atoms with Crippen LogP contribution in [-0.4, -0.2) is 32.2 Å². The smallest absolute Gasteiger partial charge is 0.263 e. The van der Waals surface area contributed by atoms with Crippen molar-refractivity contribution in [2.75, 3.05) is 17.7 Å². The number of pyridine rings is 1. The maximum Gasteiger partial charge on any atom is 0.263 e. The Morgan fingerprint density at radius 2 is 1.63 bits per heavy atom. The molecule has 4 N–H and O–H groups in total. The van der Waals surface area contributed by atoms with Crippen molar-refractivity contribution in [1.82, 2.24) is 14.5 Å². The average Bonchev–Trinajstić information content (AvgIpc) is 2.98. The Morgan fingerprint density at radius 1 is 0.951 bits per heavy atom. The van der Waals surface area contributed by atoms with Gasteiger partial charge in [0.05, 0.1) is 23.8 Å². The molecule has 2 aromatic heterocycles. The van der Waals surface area contributed by atoms with Crippen LogP contribution in [0.1, 0.15) is 11.5 Å². The van der Waals surface area contributed by atoms with Crippen molar-refractivity contribution in [2.45, 2.75) is 5.92 Å². The number of carbonyl (C=O) groups is 1. The number of benzene rings is 3. The minimum atomic E-state index is -1.03. The van der Waals surface area contributed by atoms with Gasteiger partial charge in [-0.15, -0.1) is 12.4 Å². The van der Waals surface area contributed by atoms with Crippen molar-refractivity contribution in [3.63, 3.8) is 0 Å². The SMILES string of the molecule is Cl.Cn1c(NC(=O)[C@H](CO)c2cccc(-c3ccccc3)c2N)nc(-c2ccncc2)c(-c2ccc(F)cc2)c1=O. The van der Waals surface area contributed by atoms with Crippen molar-refractivity contribution in [1.29, 1.82) is 0 Å². The summed E-state index contributed by atoms with van der Waals surface area (Å²) >= 11 is 0. The fourth-order valence-corrected chi connectivity index (χ4v) is 4.59. The lowest BCUT2D eigenvalue weighted by Crippen LogP contribution is -2.30. The Morgan fingerprint density at radius 3 is 2.29 bits per heavy atom. The van der Waals surface area contributed by atoms with Crippen LogP contribution < -0.4 is 16.6 Å². The number of nitrogens with one attached hydrogen (secondary N) is 1. The number of aliphatic hydroxyl groups is 1. The zero-order valence-electron chi connectivity index (χ0n) is 22.0. The molecule has 1 amide bonds. The molecule has 0 radical (unpaired) electrons. The number of para-hydroxylation sites is 1. The number of halogens is 2. The van der Waals surface area contributed by atoms with Crippen LogP contribution in [0.4, 0.5) is 16.0 Å². The summed E-state index contributed by atoms with van der Waals surface area (Å²) in [7, 11) is 1.48. The van der Waals surface area contributed by atoms with Crippen molar-refractivity contribution in [2.24, 2.45) is 7.05 Å². The van der Waals surface area contributed by atoms with E-state index in [2.05, 4.69) is 15.3 Å². The van der Waals surface area contributed by atoms with Gasteiger partial charge in [0.1, 0.15) is 5.82 Å². The highest BCUT2D eigenvalue weighted by Crippen LogP contribution is 2.33. The Labute approximate surface area is 241 Å². The van der Waals surface area contributed by atoms with Crippen LogP contribution in [0.3, 0.4) is 0 Å². The van der Waals surface area contributed by atoms with Gasteiger partial charge in [0, 0.05) is 36.3 Å². The molecule has 10 heteroatoms. The lowest BCUT2D eigenvalue weighted by Gasteiger charge is -2.20. The van der Waals surface area contributed by atoms with E-state index in [-0.39, 0.29) is 23.9 Å². The standard InChI is InChI=1S/C31H26FN5O3.ClH/c1-37-30(40)26(20-10-12-22(32)13-11-20)28(21-14-16-34-17-15-21)35-31(37)36-29(39)25(18-38)24-9-5-8-23(27(24)33)19-6-3-2-4-7-19;/h2-17,25,38H,18,33H2,1H3,(H,35,36,39);1H/t25-;/m1./s1. The first kappa shape index (κ1) is 29.1. The summed E-state index contributed by atoms with van der Waals surface area (Å²) in [5.74, 6) is -2.07. The number of nitrogens with two attached hydrogens (primary N) is 1. The molecule has 0 fully saturated rings. The van der Waals surface area contributed by atoms with E-state index >= 15 is 0 Å². The molecule has 0 saturated heterocycles. The second-order valence-corrected chi connectivity index (χ2v) is 9.16. The number of nitrogen functional groups attached to an aromatic ring is 1. The molecular formula is C31H27ClFN5O3. The van der Waals surface area contributed by atoms with Gasteiger partial charge in [0.25, 0.3) is 5.56 Å². The lowest BCUT2D eigenvalue weighted by molar-refractivity contribution is -0.118. The number of anilines is 2. The molecule has 208 valence electrons. The molecule has 0 unspecified atom stereocenters. The first-order valence-electron chi connectivity index (χ1n) is 12.5. The van der Waals surface area contributed by atoms with Gasteiger partial charge in [-0.25, -0.2) is 9.37 Å². The molecule has 2 heterocycles. The first-order chi connectivity index (χ1) is 19.4. The number of hydrogen-bond acceptors (Lipinski definition) is 6. The summed E-state index contributed by atoms with van der Waals surface area (Å²) in [6.07, 6.45) is 3.12. The van der Waals surface area contributed by atoms with Gasteiger partial charge >= 0.3 is 0 Å². The van der Waals surface area contributed by atoms with E-state index < -0.39 is 29.8 Å². The van der Waals surface area contributed by atoms with Crippen molar-refractivity contribution in [3.05, 3.63) is 119 Å². The number of aliphatic hydroxyl groups excluding tert-OH is 1. The molecular weight excluding hydrogens is 545 g/mol. The van der Waals surface area contributed by atoms with Gasteiger partial charge in [-0.2, -0.15) is 0 Å². The van der Waals surface area contributed by atoms with Gasteiger partial charge in [-0.05, 0) is 41.0 Å². The third-order valence-electron chi connectivity index (χ3n) is 6.71. The Bertz CT molecular complexity index is 1730. The summed E-state index contributed by atoms with van der Waals surface area (Å²) in [6.45, 7) is -0.521. The second-order valence-electron chi connectivity index (χ2n) is 9.16. The molecule has 3 aromatic carbocycles. The van der Waals surface area contributed by atoms with E-state index in [1.54, 1.807) is 36.7 Å². The topological polar surface area (TPSA) is 123 Å². The quantitative estimate of drug-likeness (QED) is 0.235. The zero-order valence-corrected chi connectivity index (χ0v) is 22.8. The van der Waals surface area contributed by atoms with Crippen LogP contribution in [0.2, 0.25) is 0 Å². The summed E-state index contributed by atoms with van der Waals surface area (Å²) in [5.41, 5.74) is 10.0. The molecule has 0 aliphatic rings. The van der Waals surface area contributed by atoms with Crippen LogP contribution in [0.25, 0.3) is 33.5 Å². The number of aromatic nitrogens is 3. The number of carbonyl (C=O) groups excluding carboxylic acids is 1. The Kier molecular flexibility index (Phi) is 8.91. The van der Waals surface area contributed by atoms with Gasteiger partial charge in [0.15, 0.2) is 0 Å². The normalized spacial score (nSPS) is 11.4. The van der Waals surface area contributed by atoms with Crippen molar-refractivity contribution in [3.8, 4) is 33.5 Å². The van der Waals surface area contributed by atoms with Gasteiger partial charge in [-0.3, -0.25) is 24.5 Å². The number of rotatable bonds is 7. The highest BCUT2D eigenvalue weighted by Gasteiger charge is 2.26. The summed E-state index contributed by atoms with van der Waals surface area (Å²) in [4.78, 5) is 35.8. The van der Waals surface area contributed by atoms with E-state index in [0.29, 0.717) is 28.1 Å². The maximum atomic E-state index is 13.6. The molecule has 1 atom stereocenters. The largest absolute Gasteiger partial charge is 0.398 e. The second kappa shape index (κ2) is 12.5. The number of amides is 1. The summed E-state index contributed by atoms with van der Waals surface area (Å²) in [5, 5.41) is 12.9. The first-order valence-corrected chi connectivity index (χ1v) is 12.5. The van der Waals surface area contributed by atoms with Crippen molar-refractivity contribution < 1.29 is 14.3 Å². The zero-order chi connectivity index (χ0) is 28.2. The van der Waals surface area contributed by atoms with Gasteiger partial charge in [-0.1, -0.05) is 60.7 Å². The predicted molar refractivity (Wildman–Crippen MR) is 160 cm³/mol.